The average molecular weight is 427 g/mol. The first kappa shape index (κ1) is 21.3. The van der Waals surface area contributed by atoms with Gasteiger partial charge >= 0.3 is 0 Å². The molecule has 4 rings (SSSR count). The molecule has 2 saturated heterocycles. The number of rotatable bonds is 8. The molecule has 3 heterocycles. The van der Waals surface area contributed by atoms with Gasteiger partial charge in [-0.05, 0) is 49.1 Å². The van der Waals surface area contributed by atoms with Crippen molar-refractivity contribution in [3.05, 3.63) is 60.1 Å². The Labute approximate surface area is 184 Å². The molecule has 162 valence electrons. The highest BCUT2D eigenvalue weighted by molar-refractivity contribution is 8.00. The minimum Gasteiger partial charge on any atom is -0.469 e. The molecule has 5 nitrogen and oxygen atoms in total. The maximum Gasteiger partial charge on any atom is 0.191 e. The summed E-state index contributed by atoms with van der Waals surface area (Å²) in [7, 11) is 0. The van der Waals surface area contributed by atoms with Gasteiger partial charge < -0.3 is 15.1 Å². The number of benzene rings is 1. The van der Waals surface area contributed by atoms with E-state index in [0.717, 1.165) is 63.7 Å². The first-order valence-electron chi connectivity index (χ1n) is 11.3. The molecular weight excluding hydrogens is 392 g/mol. The minimum atomic E-state index is 0.489. The van der Waals surface area contributed by atoms with Crippen LogP contribution in [0.4, 0.5) is 0 Å². The van der Waals surface area contributed by atoms with Crippen LogP contribution >= 0.6 is 11.8 Å². The van der Waals surface area contributed by atoms with Gasteiger partial charge in [-0.1, -0.05) is 30.3 Å². The molecule has 1 aromatic heterocycles. The molecule has 6 heteroatoms. The van der Waals surface area contributed by atoms with Crippen LogP contribution in [-0.2, 0) is 13.0 Å². The minimum absolute atomic E-state index is 0.489. The molecule has 0 aliphatic carbocycles. The first-order valence-corrected chi connectivity index (χ1v) is 12.3. The van der Waals surface area contributed by atoms with Crippen LogP contribution in [0.3, 0.4) is 0 Å². The van der Waals surface area contributed by atoms with Crippen LogP contribution in [0.2, 0.25) is 0 Å². The summed E-state index contributed by atoms with van der Waals surface area (Å²) in [6.07, 6.45) is 7.56. The van der Waals surface area contributed by atoms with Crippen LogP contribution in [0, 0.1) is 0 Å². The topological polar surface area (TPSA) is 52.8 Å². The highest BCUT2D eigenvalue weighted by Gasteiger charge is 2.21. The fourth-order valence-corrected chi connectivity index (χ4v) is 5.34. The van der Waals surface area contributed by atoms with Crippen LogP contribution in [0.5, 0.6) is 0 Å². The fraction of sp³-hybridized carbons (Fsp3) is 0.542. The lowest BCUT2D eigenvalue weighted by molar-refractivity contribution is 0.198. The van der Waals surface area contributed by atoms with Crippen molar-refractivity contribution in [2.24, 2.45) is 4.99 Å². The lowest BCUT2D eigenvalue weighted by Crippen LogP contribution is -2.49. The summed E-state index contributed by atoms with van der Waals surface area (Å²) in [5.41, 5.74) is 1.40. The number of piperidine rings is 1. The Morgan fingerprint density at radius 2 is 1.97 bits per heavy atom. The molecule has 0 saturated carbocycles. The van der Waals surface area contributed by atoms with E-state index >= 15 is 0 Å². The molecule has 2 N–H and O–H groups in total. The standard InChI is InChI=1S/C24H34N4OS/c1-2-6-20(7-3-1)19-28-14-11-21(12-15-28)27-24(26-18-23-9-5-17-30-23)25-13-10-22-8-4-16-29-22/h1-4,6-8,16,21,23H,5,9-15,17-19H2,(H2,25,26,27). The van der Waals surface area contributed by atoms with Gasteiger partial charge in [-0.3, -0.25) is 9.89 Å². The van der Waals surface area contributed by atoms with Gasteiger partial charge in [0.15, 0.2) is 5.96 Å². The lowest BCUT2D eigenvalue weighted by Gasteiger charge is -2.33. The molecule has 30 heavy (non-hydrogen) atoms. The molecule has 0 amide bonds. The van der Waals surface area contributed by atoms with Gasteiger partial charge in [-0.2, -0.15) is 11.8 Å². The number of hydrogen-bond donors (Lipinski definition) is 2. The van der Waals surface area contributed by atoms with Gasteiger partial charge in [0, 0.05) is 43.9 Å². The number of furan rings is 1. The van der Waals surface area contributed by atoms with E-state index in [9.17, 15) is 0 Å². The normalized spacial score (nSPS) is 21.1. The Hall–Kier alpha value is -1.92. The van der Waals surface area contributed by atoms with E-state index in [1.807, 2.05) is 12.1 Å². The Morgan fingerprint density at radius 3 is 2.70 bits per heavy atom. The molecule has 0 spiro atoms. The number of aliphatic imine (C=N–C) groups is 1. The Kier molecular flexibility index (Phi) is 8.15. The monoisotopic (exact) mass is 426 g/mol. The van der Waals surface area contributed by atoms with Crippen molar-refractivity contribution in [3.63, 3.8) is 0 Å². The molecular formula is C24H34N4OS. The highest BCUT2D eigenvalue weighted by Crippen LogP contribution is 2.26. The van der Waals surface area contributed by atoms with Crippen LogP contribution in [0.25, 0.3) is 0 Å². The number of thioether (sulfide) groups is 1. The van der Waals surface area contributed by atoms with Gasteiger partial charge in [0.25, 0.3) is 0 Å². The summed E-state index contributed by atoms with van der Waals surface area (Å²) >= 11 is 2.07. The van der Waals surface area contributed by atoms with Crippen LogP contribution in [0.1, 0.15) is 37.0 Å². The molecule has 1 aromatic carbocycles. The third-order valence-corrected chi connectivity index (χ3v) is 7.28. The maximum absolute atomic E-state index is 5.46. The number of guanidine groups is 1. The van der Waals surface area contributed by atoms with Crippen molar-refractivity contribution in [1.82, 2.24) is 15.5 Å². The van der Waals surface area contributed by atoms with Crippen LogP contribution in [0.15, 0.2) is 58.1 Å². The summed E-state index contributed by atoms with van der Waals surface area (Å²) in [4.78, 5) is 7.49. The van der Waals surface area contributed by atoms with Gasteiger partial charge in [0.05, 0.1) is 12.8 Å². The second kappa shape index (κ2) is 11.5. The molecule has 2 aliphatic heterocycles. The van der Waals surface area contributed by atoms with Crippen molar-refractivity contribution in [2.75, 3.05) is 31.9 Å². The van der Waals surface area contributed by atoms with Crippen molar-refractivity contribution in [2.45, 2.75) is 49.9 Å². The third kappa shape index (κ3) is 6.81. The predicted octanol–water partition coefficient (Wildman–Crippen LogP) is 3.92. The van der Waals surface area contributed by atoms with Crippen molar-refractivity contribution < 1.29 is 4.42 Å². The Balaban J connectivity index is 1.25. The average Bonchev–Trinajstić information content (AvgIpc) is 3.48. The first-order chi connectivity index (χ1) is 14.8. The molecule has 1 atom stereocenters. The molecule has 0 bridgehead atoms. The van der Waals surface area contributed by atoms with E-state index in [2.05, 4.69) is 57.6 Å². The summed E-state index contributed by atoms with van der Waals surface area (Å²) in [6.45, 7) is 5.06. The largest absolute Gasteiger partial charge is 0.469 e. The zero-order chi connectivity index (χ0) is 20.4. The zero-order valence-electron chi connectivity index (χ0n) is 17.8. The summed E-state index contributed by atoms with van der Waals surface area (Å²) in [6, 6.07) is 15.3. The second-order valence-corrected chi connectivity index (χ2v) is 9.67. The molecule has 2 fully saturated rings. The van der Waals surface area contributed by atoms with Gasteiger partial charge in [0.2, 0.25) is 0 Å². The quantitative estimate of drug-likeness (QED) is 0.495. The van der Waals surface area contributed by atoms with Crippen LogP contribution in [-0.4, -0.2) is 54.1 Å². The summed E-state index contributed by atoms with van der Waals surface area (Å²) in [5.74, 6) is 3.27. The zero-order valence-corrected chi connectivity index (χ0v) is 18.6. The van der Waals surface area contributed by atoms with Gasteiger partial charge in [0.1, 0.15) is 5.76 Å². The SMILES string of the molecule is c1ccc(CN2CCC(NC(=NCC3CCCS3)NCCc3ccco3)CC2)cc1. The van der Waals surface area contributed by atoms with Crippen LogP contribution < -0.4 is 10.6 Å². The highest BCUT2D eigenvalue weighted by atomic mass is 32.2. The molecule has 1 unspecified atom stereocenters. The Bertz CT molecular complexity index is 751. The van der Waals surface area contributed by atoms with Gasteiger partial charge in [-0.15, -0.1) is 0 Å². The fourth-order valence-electron chi connectivity index (χ4n) is 4.16. The number of nitrogens with zero attached hydrogens (tertiary/aromatic N) is 2. The van der Waals surface area contributed by atoms with Crippen molar-refractivity contribution >= 4 is 17.7 Å². The maximum atomic E-state index is 5.46. The van der Waals surface area contributed by atoms with E-state index < -0.39 is 0 Å². The van der Waals surface area contributed by atoms with Gasteiger partial charge in [-0.25, -0.2) is 0 Å². The molecule has 0 radical (unpaired) electrons. The van der Waals surface area contributed by atoms with Crippen molar-refractivity contribution in [3.8, 4) is 0 Å². The molecule has 2 aliphatic rings. The summed E-state index contributed by atoms with van der Waals surface area (Å²) in [5, 5.41) is 7.93. The van der Waals surface area contributed by atoms with E-state index in [1.54, 1.807) is 6.26 Å². The molecule has 2 aromatic rings. The van der Waals surface area contributed by atoms with E-state index in [0.29, 0.717) is 11.3 Å². The smallest absolute Gasteiger partial charge is 0.191 e. The van der Waals surface area contributed by atoms with E-state index in [-0.39, 0.29) is 0 Å². The lowest BCUT2D eigenvalue weighted by atomic mass is 10.0. The second-order valence-electron chi connectivity index (χ2n) is 8.26. The number of nitrogens with one attached hydrogen (secondary N) is 2. The number of hydrogen-bond acceptors (Lipinski definition) is 4. The Morgan fingerprint density at radius 1 is 1.10 bits per heavy atom. The number of likely N-dealkylation sites (tertiary alicyclic amines) is 1. The van der Waals surface area contributed by atoms with E-state index in [1.165, 1.54) is 24.2 Å². The predicted molar refractivity (Wildman–Crippen MR) is 126 cm³/mol. The summed E-state index contributed by atoms with van der Waals surface area (Å²) < 4.78 is 5.46. The van der Waals surface area contributed by atoms with E-state index in [4.69, 9.17) is 9.41 Å². The third-order valence-electron chi connectivity index (χ3n) is 5.90. The van der Waals surface area contributed by atoms with Crippen molar-refractivity contribution in [1.29, 1.82) is 0 Å².